The van der Waals surface area contributed by atoms with Crippen molar-refractivity contribution in [1.29, 1.82) is 0 Å². The van der Waals surface area contributed by atoms with E-state index in [4.69, 9.17) is 4.42 Å². The summed E-state index contributed by atoms with van der Waals surface area (Å²) in [7, 11) is -3.70. The standard InChI is InChI=1S/C19H21FN4O4S/c20-15-3-1-2-4-17(15)24-11-9-23(10-12-24)8-7-21-29(26,27)14-5-6-16-18(13-14)28-19(25)22-16/h1-6,13,21H,7-12H2,(H,22,25)/p+1. The third-order valence-corrected chi connectivity index (χ3v) is 6.60. The van der Waals surface area contributed by atoms with Gasteiger partial charge < -0.3 is 14.2 Å². The van der Waals surface area contributed by atoms with Crippen molar-refractivity contribution in [2.45, 2.75) is 4.90 Å². The highest BCUT2D eigenvalue weighted by Gasteiger charge is 2.22. The molecule has 3 aromatic rings. The van der Waals surface area contributed by atoms with Gasteiger partial charge in [-0.05, 0) is 24.3 Å². The van der Waals surface area contributed by atoms with Crippen molar-refractivity contribution >= 4 is 26.8 Å². The van der Waals surface area contributed by atoms with Crippen molar-refractivity contribution < 1.29 is 22.1 Å². The van der Waals surface area contributed by atoms with E-state index in [1.165, 1.54) is 29.2 Å². The molecule has 0 amide bonds. The molecule has 0 aliphatic carbocycles. The van der Waals surface area contributed by atoms with Crippen molar-refractivity contribution in [3.05, 3.63) is 58.8 Å². The number of piperazine rings is 1. The van der Waals surface area contributed by atoms with E-state index in [-0.39, 0.29) is 22.8 Å². The molecule has 10 heteroatoms. The van der Waals surface area contributed by atoms with Gasteiger partial charge in [0.2, 0.25) is 10.0 Å². The van der Waals surface area contributed by atoms with Gasteiger partial charge in [-0.2, -0.15) is 0 Å². The molecule has 2 heterocycles. The lowest BCUT2D eigenvalue weighted by Crippen LogP contribution is -3.15. The zero-order valence-electron chi connectivity index (χ0n) is 15.7. The van der Waals surface area contributed by atoms with Crippen molar-refractivity contribution in [3.8, 4) is 0 Å². The van der Waals surface area contributed by atoms with Gasteiger partial charge in [0.1, 0.15) is 5.82 Å². The molecule has 154 valence electrons. The Hall–Kier alpha value is -2.69. The normalized spacial score (nSPS) is 15.8. The van der Waals surface area contributed by atoms with Crippen molar-refractivity contribution in [2.75, 3.05) is 44.2 Å². The van der Waals surface area contributed by atoms with Crippen molar-refractivity contribution in [3.63, 3.8) is 0 Å². The Morgan fingerprint density at radius 3 is 2.69 bits per heavy atom. The van der Waals surface area contributed by atoms with Crippen LogP contribution in [-0.4, -0.2) is 52.7 Å². The minimum absolute atomic E-state index is 0.0483. The first-order chi connectivity index (χ1) is 13.9. The molecule has 0 saturated carbocycles. The Morgan fingerprint density at radius 1 is 1.17 bits per heavy atom. The molecule has 0 radical (unpaired) electrons. The number of hydrogen-bond donors (Lipinski definition) is 3. The first-order valence-corrected chi connectivity index (χ1v) is 10.9. The van der Waals surface area contributed by atoms with Gasteiger partial charge in [-0.25, -0.2) is 22.3 Å². The summed E-state index contributed by atoms with van der Waals surface area (Å²) in [6.07, 6.45) is 0. The number of fused-ring (bicyclic) bond motifs is 1. The van der Waals surface area contributed by atoms with Gasteiger partial charge >= 0.3 is 5.76 Å². The molecule has 3 N–H and O–H groups in total. The first kappa shape index (κ1) is 19.6. The lowest BCUT2D eigenvalue weighted by Gasteiger charge is -2.33. The maximum Gasteiger partial charge on any atom is 0.417 e. The summed E-state index contributed by atoms with van der Waals surface area (Å²) in [6.45, 7) is 3.95. The molecule has 1 aliphatic heterocycles. The van der Waals surface area contributed by atoms with E-state index in [9.17, 15) is 17.6 Å². The Morgan fingerprint density at radius 2 is 1.93 bits per heavy atom. The fraction of sp³-hybridized carbons (Fsp3) is 0.316. The van der Waals surface area contributed by atoms with Crippen LogP contribution in [-0.2, 0) is 10.0 Å². The molecule has 1 aliphatic rings. The quantitative estimate of drug-likeness (QED) is 0.518. The summed E-state index contributed by atoms with van der Waals surface area (Å²) in [5.74, 6) is -0.848. The highest BCUT2D eigenvalue weighted by molar-refractivity contribution is 7.89. The molecular weight excluding hydrogens is 399 g/mol. The maximum atomic E-state index is 13.9. The minimum Gasteiger partial charge on any atom is -0.408 e. The van der Waals surface area contributed by atoms with E-state index in [1.807, 2.05) is 11.0 Å². The lowest BCUT2D eigenvalue weighted by atomic mass is 10.2. The SMILES string of the molecule is O=c1[nH]c2ccc(S(=O)(=O)NCC[NH+]3CCN(c4ccccc4F)CC3)cc2o1. The Kier molecular flexibility index (Phi) is 5.39. The number of para-hydroxylation sites is 1. The molecular formula is C19H22FN4O4S+. The third kappa shape index (κ3) is 4.34. The number of quaternary nitrogens is 1. The molecule has 1 fully saturated rings. The van der Waals surface area contributed by atoms with E-state index >= 15 is 0 Å². The summed E-state index contributed by atoms with van der Waals surface area (Å²) in [5, 5.41) is 0. The predicted octanol–water partition coefficient (Wildman–Crippen LogP) is -0.0564. The lowest BCUT2D eigenvalue weighted by molar-refractivity contribution is -0.899. The van der Waals surface area contributed by atoms with E-state index < -0.39 is 15.8 Å². The zero-order valence-corrected chi connectivity index (χ0v) is 16.5. The second-order valence-electron chi connectivity index (χ2n) is 7.01. The Bertz CT molecular complexity index is 1170. The molecule has 0 spiro atoms. The molecule has 29 heavy (non-hydrogen) atoms. The predicted molar refractivity (Wildman–Crippen MR) is 106 cm³/mol. The Balaban J connectivity index is 1.30. The summed E-state index contributed by atoms with van der Waals surface area (Å²) in [6, 6.07) is 11.0. The number of rotatable bonds is 6. The maximum absolute atomic E-state index is 13.9. The van der Waals surface area contributed by atoms with E-state index in [0.717, 1.165) is 13.1 Å². The van der Waals surface area contributed by atoms with Crippen LogP contribution in [0.5, 0.6) is 0 Å². The van der Waals surface area contributed by atoms with Gasteiger partial charge in [-0.3, -0.25) is 4.98 Å². The van der Waals surface area contributed by atoms with Crippen LogP contribution in [0.1, 0.15) is 0 Å². The molecule has 1 saturated heterocycles. The second-order valence-corrected chi connectivity index (χ2v) is 8.78. The fourth-order valence-electron chi connectivity index (χ4n) is 3.56. The van der Waals surface area contributed by atoms with E-state index in [0.29, 0.717) is 30.8 Å². The van der Waals surface area contributed by atoms with Crippen LogP contribution in [0.2, 0.25) is 0 Å². The number of oxazole rings is 1. The Labute approximate surface area is 167 Å². The van der Waals surface area contributed by atoms with E-state index in [2.05, 4.69) is 9.71 Å². The topological polar surface area (TPSA) is 99.8 Å². The van der Waals surface area contributed by atoms with Gasteiger partial charge in [0, 0.05) is 6.07 Å². The molecule has 0 atom stereocenters. The van der Waals surface area contributed by atoms with Crippen LogP contribution in [0, 0.1) is 5.82 Å². The number of H-pyrrole nitrogens is 1. The summed E-state index contributed by atoms with van der Waals surface area (Å²) in [4.78, 5) is 17.0. The minimum atomic E-state index is -3.70. The average molecular weight is 421 g/mol. The van der Waals surface area contributed by atoms with Crippen LogP contribution < -0.4 is 20.3 Å². The van der Waals surface area contributed by atoms with E-state index in [1.54, 1.807) is 12.1 Å². The van der Waals surface area contributed by atoms with Crippen LogP contribution in [0.4, 0.5) is 10.1 Å². The molecule has 1 aromatic heterocycles. The van der Waals surface area contributed by atoms with Crippen LogP contribution in [0.25, 0.3) is 11.1 Å². The third-order valence-electron chi connectivity index (χ3n) is 5.14. The number of benzene rings is 2. The van der Waals surface area contributed by atoms with Crippen LogP contribution in [0.15, 0.2) is 56.6 Å². The second kappa shape index (κ2) is 7.97. The number of halogens is 1. The number of aromatic nitrogens is 1. The number of anilines is 1. The molecule has 2 aromatic carbocycles. The monoisotopic (exact) mass is 421 g/mol. The highest BCUT2D eigenvalue weighted by atomic mass is 32.2. The highest BCUT2D eigenvalue weighted by Crippen LogP contribution is 2.18. The first-order valence-electron chi connectivity index (χ1n) is 9.38. The van der Waals surface area contributed by atoms with Gasteiger partial charge in [-0.15, -0.1) is 0 Å². The van der Waals surface area contributed by atoms with Crippen molar-refractivity contribution in [1.82, 2.24) is 9.71 Å². The number of sulfonamides is 1. The smallest absolute Gasteiger partial charge is 0.408 e. The van der Waals surface area contributed by atoms with Gasteiger partial charge in [0.25, 0.3) is 0 Å². The van der Waals surface area contributed by atoms with Crippen molar-refractivity contribution in [2.24, 2.45) is 0 Å². The fourth-order valence-corrected chi connectivity index (χ4v) is 4.61. The number of aromatic amines is 1. The number of nitrogens with one attached hydrogen (secondary N) is 3. The average Bonchev–Trinajstić information content (AvgIpc) is 3.08. The summed E-state index contributed by atoms with van der Waals surface area (Å²) in [5.41, 5.74) is 1.26. The molecule has 4 rings (SSSR count). The molecule has 0 unspecified atom stereocenters. The molecule has 0 bridgehead atoms. The largest absolute Gasteiger partial charge is 0.417 e. The summed E-state index contributed by atoms with van der Waals surface area (Å²) >= 11 is 0. The summed E-state index contributed by atoms with van der Waals surface area (Å²) < 4.78 is 46.4. The van der Waals surface area contributed by atoms with Gasteiger partial charge in [-0.1, -0.05) is 12.1 Å². The van der Waals surface area contributed by atoms with Crippen LogP contribution in [0.3, 0.4) is 0 Å². The number of nitrogens with zero attached hydrogens (tertiary/aromatic N) is 1. The number of hydrogen-bond acceptors (Lipinski definition) is 5. The zero-order chi connectivity index (χ0) is 20.4. The van der Waals surface area contributed by atoms with Crippen LogP contribution >= 0.6 is 0 Å². The molecule has 8 nitrogen and oxygen atoms in total. The van der Waals surface area contributed by atoms with Gasteiger partial charge in [0.05, 0.1) is 55.4 Å². The van der Waals surface area contributed by atoms with Gasteiger partial charge in [0.15, 0.2) is 5.58 Å².